The number of alkyl carbamates (subject to hydrolysis) is 1. The zero-order valence-electron chi connectivity index (χ0n) is 27.4. The normalized spacial score (nSPS) is 18.7. The Morgan fingerprint density at radius 3 is 2.00 bits per heavy atom. The molecule has 1 aliphatic heterocycles. The Morgan fingerprint density at radius 2 is 1.51 bits per heavy atom. The summed E-state index contributed by atoms with van der Waals surface area (Å²) in [6.07, 6.45) is -0.507. The average Bonchev–Trinajstić information content (AvgIpc) is 3.27. The van der Waals surface area contributed by atoms with E-state index in [2.05, 4.69) is 10.6 Å². The highest BCUT2D eigenvalue weighted by atomic mass is 16.5. The van der Waals surface area contributed by atoms with Gasteiger partial charge in [-0.1, -0.05) is 48.5 Å². The molecule has 0 spiro atoms. The second-order valence-corrected chi connectivity index (χ2v) is 14.0. The van der Waals surface area contributed by atoms with Crippen LogP contribution < -0.4 is 16.0 Å². The van der Waals surface area contributed by atoms with Gasteiger partial charge < -0.3 is 35.4 Å². The molecular formula is C30H52N4O9. The number of carboxylic acid groups (broad SMARTS) is 1. The fourth-order valence-electron chi connectivity index (χ4n) is 4.53. The van der Waals surface area contributed by atoms with E-state index in [1.807, 2.05) is 53.8 Å². The molecule has 1 heterocycles. The number of ketones is 1. The first kappa shape index (κ1) is 37.8. The van der Waals surface area contributed by atoms with Crippen molar-refractivity contribution in [2.45, 2.75) is 118 Å². The van der Waals surface area contributed by atoms with E-state index in [-0.39, 0.29) is 37.8 Å². The van der Waals surface area contributed by atoms with Gasteiger partial charge in [-0.15, -0.1) is 0 Å². The number of rotatable bonds is 14. The highest BCUT2D eigenvalue weighted by Crippen LogP contribution is 2.29. The molecule has 0 aromatic rings. The molecule has 0 bridgehead atoms. The molecule has 0 aromatic carbocycles. The Morgan fingerprint density at radius 1 is 0.907 bits per heavy atom. The van der Waals surface area contributed by atoms with Crippen LogP contribution in [0.3, 0.4) is 0 Å². The van der Waals surface area contributed by atoms with E-state index in [9.17, 15) is 28.8 Å². The quantitative estimate of drug-likeness (QED) is 0.214. The van der Waals surface area contributed by atoms with Gasteiger partial charge in [-0.05, 0) is 50.9 Å². The number of likely N-dealkylation sites (tertiary alicyclic amines) is 1. The maximum atomic E-state index is 14.0. The highest BCUT2D eigenvalue weighted by molar-refractivity contribution is 6.38. The maximum absolute atomic E-state index is 14.0. The van der Waals surface area contributed by atoms with Crippen molar-refractivity contribution in [3.8, 4) is 0 Å². The first-order valence-electron chi connectivity index (χ1n) is 14.9. The van der Waals surface area contributed by atoms with Crippen molar-refractivity contribution in [1.29, 1.82) is 0 Å². The molecule has 4 amide bonds. The molecule has 1 fully saturated rings. The second-order valence-electron chi connectivity index (χ2n) is 14.0. The molecule has 1 saturated heterocycles. The summed E-state index contributed by atoms with van der Waals surface area (Å²) in [4.78, 5) is 77.9. The molecule has 4 atom stereocenters. The number of hydrogen-bond donors (Lipinski definition) is 4. The van der Waals surface area contributed by atoms with Gasteiger partial charge in [0.1, 0.15) is 18.6 Å². The number of carbonyl (C=O) groups excluding carboxylic acids is 5. The van der Waals surface area contributed by atoms with Crippen LogP contribution in [0.1, 0.15) is 88.5 Å². The number of nitrogens with one attached hydrogen (secondary N) is 3. The predicted octanol–water partition coefficient (Wildman–Crippen LogP) is 2.26. The fourth-order valence-corrected chi connectivity index (χ4v) is 4.53. The molecule has 0 radical (unpaired) electrons. The van der Waals surface area contributed by atoms with Gasteiger partial charge in [-0.2, -0.15) is 0 Å². The molecular weight excluding hydrogens is 560 g/mol. The van der Waals surface area contributed by atoms with Crippen LogP contribution in [0.15, 0.2) is 0 Å². The summed E-state index contributed by atoms with van der Waals surface area (Å²) < 4.78 is 11.4. The second kappa shape index (κ2) is 16.0. The van der Waals surface area contributed by atoms with Crippen LogP contribution in [-0.2, 0) is 33.4 Å². The van der Waals surface area contributed by atoms with Crippen molar-refractivity contribution in [2.24, 2.45) is 17.3 Å². The number of ether oxygens (including phenoxy) is 2. The lowest BCUT2D eigenvalue weighted by atomic mass is 9.85. The third-order valence-corrected chi connectivity index (χ3v) is 6.58. The predicted molar refractivity (Wildman–Crippen MR) is 159 cm³/mol. The van der Waals surface area contributed by atoms with Crippen molar-refractivity contribution < 1.29 is 43.3 Å². The van der Waals surface area contributed by atoms with Gasteiger partial charge in [0.2, 0.25) is 17.6 Å². The molecule has 1 aliphatic rings. The minimum Gasteiger partial charge on any atom is -0.480 e. The Bertz CT molecular complexity index is 1010. The van der Waals surface area contributed by atoms with E-state index < -0.39 is 77.4 Å². The van der Waals surface area contributed by atoms with E-state index in [1.165, 1.54) is 4.90 Å². The van der Waals surface area contributed by atoms with E-state index in [1.54, 1.807) is 20.8 Å². The smallest absolute Gasteiger partial charge is 0.407 e. The zero-order chi connectivity index (χ0) is 33.3. The van der Waals surface area contributed by atoms with Crippen molar-refractivity contribution in [1.82, 2.24) is 20.9 Å². The standard InChI is InChI=1S/C30H52N4O9/c1-17(2)11-12-20(23(37)26(39)31-14-22(35)36)32-25(38)21-13-19(43-30(8,9)10)15-34(21)27(40)24(29(5,6)7)33-28(41)42-16-18(3)4/h17-21,24H,11-16H2,1-10H3,(H,31,39)(H,32,38)(H,33,41)(H,35,36)/t19-,20?,21+,24?/m1/s1. The summed E-state index contributed by atoms with van der Waals surface area (Å²) in [5, 5.41) is 16.2. The average molecular weight is 613 g/mol. The molecule has 0 saturated carbocycles. The summed E-state index contributed by atoms with van der Waals surface area (Å²) in [6.45, 7) is 18.0. The number of hydrogen-bond acceptors (Lipinski definition) is 8. The summed E-state index contributed by atoms with van der Waals surface area (Å²) in [7, 11) is 0. The molecule has 246 valence electrons. The van der Waals surface area contributed by atoms with Crippen LogP contribution in [0, 0.1) is 17.3 Å². The Labute approximate surface area is 255 Å². The third kappa shape index (κ3) is 13.3. The first-order chi connectivity index (χ1) is 19.6. The number of Topliss-reactive ketones (excluding diaryl/α,β-unsaturated/α-hetero) is 1. The lowest BCUT2D eigenvalue weighted by Crippen LogP contribution is -2.59. The molecule has 1 rings (SSSR count). The van der Waals surface area contributed by atoms with E-state index in [4.69, 9.17) is 14.6 Å². The van der Waals surface area contributed by atoms with Crippen LogP contribution in [-0.4, -0.2) is 95.1 Å². The number of carboxylic acids is 1. The number of nitrogens with zero attached hydrogens (tertiary/aromatic N) is 1. The Kier molecular flexibility index (Phi) is 14.1. The molecule has 13 heteroatoms. The van der Waals surface area contributed by atoms with Gasteiger partial charge in [0.25, 0.3) is 5.91 Å². The van der Waals surface area contributed by atoms with Crippen molar-refractivity contribution >= 4 is 35.6 Å². The molecule has 43 heavy (non-hydrogen) atoms. The van der Waals surface area contributed by atoms with Crippen LogP contribution >= 0.6 is 0 Å². The van der Waals surface area contributed by atoms with Crippen LogP contribution in [0.25, 0.3) is 0 Å². The van der Waals surface area contributed by atoms with Crippen molar-refractivity contribution in [3.63, 3.8) is 0 Å². The molecule has 4 N–H and O–H groups in total. The minimum atomic E-state index is -1.32. The zero-order valence-corrected chi connectivity index (χ0v) is 27.4. The molecule has 0 aliphatic carbocycles. The highest BCUT2D eigenvalue weighted by Gasteiger charge is 2.47. The summed E-state index contributed by atoms with van der Waals surface area (Å²) in [5.41, 5.74) is -1.33. The van der Waals surface area contributed by atoms with E-state index in [0.717, 1.165) is 0 Å². The summed E-state index contributed by atoms with van der Waals surface area (Å²) in [6, 6.07) is -3.34. The van der Waals surface area contributed by atoms with Crippen LogP contribution in [0.2, 0.25) is 0 Å². The monoisotopic (exact) mass is 612 g/mol. The lowest BCUT2D eigenvalue weighted by molar-refractivity contribution is -0.144. The minimum absolute atomic E-state index is 0.0627. The van der Waals surface area contributed by atoms with Gasteiger partial charge in [0.05, 0.1) is 24.4 Å². The van der Waals surface area contributed by atoms with Crippen LogP contribution in [0.5, 0.6) is 0 Å². The van der Waals surface area contributed by atoms with Gasteiger partial charge in [0.15, 0.2) is 0 Å². The number of amides is 4. The summed E-state index contributed by atoms with van der Waals surface area (Å²) in [5.74, 6) is -4.34. The SMILES string of the molecule is CC(C)CCC(NC(=O)[C@@H]1C[C@@H](OC(C)(C)C)CN1C(=O)C(NC(=O)OCC(C)C)C(C)(C)C)C(=O)C(=O)NCC(=O)O. The van der Waals surface area contributed by atoms with Gasteiger partial charge in [-0.3, -0.25) is 24.0 Å². The number of carbonyl (C=O) groups is 6. The topological polar surface area (TPSA) is 180 Å². The van der Waals surface area contributed by atoms with Crippen molar-refractivity contribution in [2.75, 3.05) is 19.7 Å². The van der Waals surface area contributed by atoms with E-state index in [0.29, 0.717) is 6.42 Å². The third-order valence-electron chi connectivity index (χ3n) is 6.58. The Hall–Kier alpha value is -3.22. The fraction of sp³-hybridized carbons (Fsp3) is 0.800. The first-order valence-corrected chi connectivity index (χ1v) is 14.9. The summed E-state index contributed by atoms with van der Waals surface area (Å²) >= 11 is 0. The molecule has 2 unspecified atom stereocenters. The maximum Gasteiger partial charge on any atom is 0.407 e. The number of aliphatic carboxylic acids is 1. The lowest BCUT2D eigenvalue weighted by Gasteiger charge is -2.35. The van der Waals surface area contributed by atoms with Gasteiger partial charge >= 0.3 is 12.1 Å². The van der Waals surface area contributed by atoms with Crippen LogP contribution in [0.4, 0.5) is 4.79 Å². The van der Waals surface area contributed by atoms with E-state index >= 15 is 0 Å². The largest absolute Gasteiger partial charge is 0.480 e. The van der Waals surface area contributed by atoms with Crippen molar-refractivity contribution in [3.05, 3.63) is 0 Å². The van der Waals surface area contributed by atoms with Gasteiger partial charge in [0, 0.05) is 13.0 Å². The Balaban J connectivity index is 3.33. The van der Waals surface area contributed by atoms with Gasteiger partial charge in [-0.25, -0.2) is 4.79 Å². The molecule has 13 nitrogen and oxygen atoms in total. The molecule has 0 aromatic heterocycles.